The molecule has 0 amide bonds. The highest BCUT2D eigenvalue weighted by molar-refractivity contribution is 6.28. The maximum atomic E-state index is 6.53. The standard InChI is InChI=1S/C33H20ClN5/c34-32-35-31(36-33(37-32)39-29-18-7-3-14-25(29)26-15-4-8-19-30(26)39)21-10-9-11-22(20-21)38-27-16-5-1-12-23(27)24-13-2-6-17-28(24)38/h1-20H. The zero-order valence-corrected chi connectivity index (χ0v) is 21.4. The van der Waals surface area contributed by atoms with Gasteiger partial charge in [0.05, 0.1) is 22.1 Å². The Hall–Kier alpha value is -5.00. The number of aromatic nitrogens is 5. The van der Waals surface area contributed by atoms with Gasteiger partial charge in [0.25, 0.3) is 0 Å². The molecule has 39 heavy (non-hydrogen) atoms. The Labute approximate surface area is 228 Å². The number of rotatable bonds is 3. The van der Waals surface area contributed by atoms with Gasteiger partial charge in [0.1, 0.15) is 0 Å². The van der Waals surface area contributed by atoms with E-state index in [1.807, 2.05) is 36.4 Å². The molecule has 0 bridgehead atoms. The molecule has 0 spiro atoms. The van der Waals surface area contributed by atoms with Gasteiger partial charge < -0.3 is 4.57 Å². The summed E-state index contributed by atoms with van der Waals surface area (Å²) in [6.45, 7) is 0. The molecule has 0 radical (unpaired) electrons. The largest absolute Gasteiger partial charge is 0.309 e. The Bertz CT molecular complexity index is 2100. The maximum Gasteiger partial charge on any atom is 0.239 e. The van der Waals surface area contributed by atoms with Crippen molar-refractivity contribution in [2.75, 3.05) is 0 Å². The lowest BCUT2D eigenvalue weighted by atomic mass is 10.2. The van der Waals surface area contributed by atoms with Crippen LogP contribution in [-0.4, -0.2) is 24.1 Å². The summed E-state index contributed by atoms with van der Waals surface area (Å²) >= 11 is 6.53. The molecule has 0 N–H and O–H groups in total. The fourth-order valence-electron chi connectivity index (χ4n) is 5.69. The molecule has 0 unspecified atom stereocenters. The lowest BCUT2D eigenvalue weighted by molar-refractivity contribution is 0.947. The highest BCUT2D eigenvalue weighted by atomic mass is 35.5. The Morgan fingerprint density at radius 2 is 0.949 bits per heavy atom. The predicted octanol–water partition coefficient (Wildman–Crippen LogP) is 8.39. The molecule has 0 saturated carbocycles. The molecule has 8 rings (SSSR count). The third kappa shape index (κ3) is 3.37. The molecule has 0 fully saturated rings. The minimum atomic E-state index is 0.152. The summed E-state index contributed by atoms with van der Waals surface area (Å²) in [6.07, 6.45) is 0. The van der Waals surface area contributed by atoms with Crippen molar-refractivity contribution in [1.29, 1.82) is 0 Å². The van der Waals surface area contributed by atoms with Gasteiger partial charge in [0.2, 0.25) is 11.2 Å². The molecule has 0 saturated heterocycles. The van der Waals surface area contributed by atoms with E-state index in [0.29, 0.717) is 11.8 Å². The first-order valence-corrected chi connectivity index (χ1v) is 13.1. The van der Waals surface area contributed by atoms with Crippen molar-refractivity contribution in [3.8, 4) is 23.0 Å². The second-order valence-electron chi connectivity index (χ2n) is 9.52. The van der Waals surface area contributed by atoms with Crippen molar-refractivity contribution in [2.24, 2.45) is 0 Å². The molecule has 0 atom stereocenters. The van der Waals surface area contributed by atoms with Crippen LogP contribution in [-0.2, 0) is 0 Å². The van der Waals surface area contributed by atoms with E-state index >= 15 is 0 Å². The van der Waals surface area contributed by atoms with Crippen LogP contribution >= 0.6 is 11.6 Å². The number of hydrogen-bond donors (Lipinski definition) is 0. The zero-order valence-electron chi connectivity index (χ0n) is 20.7. The van der Waals surface area contributed by atoms with Crippen molar-refractivity contribution < 1.29 is 0 Å². The van der Waals surface area contributed by atoms with Crippen molar-refractivity contribution in [1.82, 2.24) is 24.1 Å². The summed E-state index contributed by atoms with van der Waals surface area (Å²) in [6, 6.07) is 41.8. The van der Waals surface area contributed by atoms with Crippen molar-refractivity contribution in [3.63, 3.8) is 0 Å². The Balaban J connectivity index is 1.34. The lowest BCUT2D eigenvalue weighted by Gasteiger charge is -2.11. The Morgan fingerprint density at radius 3 is 1.49 bits per heavy atom. The second kappa shape index (κ2) is 8.51. The van der Waals surface area contributed by atoms with Gasteiger partial charge in [-0.05, 0) is 48.0 Å². The Morgan fingerprint density at radius 1 is 0.462 bits per heavy atom. The molecule has 6 heteroatoms. The lowest BCUT2D eigenvalue weighted by Crippen LogP contribution is -2.05. The average Bonchev–Trinajstić information content (AvgIpc) is 3.50. The molecule has 0 aliphatic heterocycles. The van der Waals surface area contributed by atoms with Gasteiger partial charge >= 0.3 is 0 Å². The van der Waals surface area contributed by atoms with Gasteiger partial charge in [-0.15, -0.1) is 0 Å². The summed E-state index contributed by atoms with van der Waals surface area (Å²) < 4.78 is 4.34. The number of halogens is 1. The Kier molecular flexibility index (Phi) is 4.81. The van der Waals surface area contributed by atoms with E-state index in [0.717, 1.165) is 44.1 Å². The SMILES string of the molecule is Clc1nc(-c2cccc(-n3c4ccccc4c4ccccc43)c2)nc(-n2c3ccccc3c3ccccc32)n1. The van der Waals surface area contributed by atoms with Crippen LogP contribution in [0.25, 0.3) is 66.6 Å². The minimum absolute atomic E-state index is 0.152. The third-order valence-electron chi connectivity index (χ3n) is 7.32. The summed E-state index contributed by atoms with van der Waals surface area (Å²) in [5.41, 5.74) is 6.23. The third-order valence-corrected chi connectivity index (χ3v) is 7.49. The van der Waals surface area contributed by atoms with E-state index in [1.165, 1.54) is 10.8 Å². The molecular formula is C33H20ClN5. The number of fused-ring (bicyclic) bond motifs is 6. The molecule has 8 aromatic rings. The first kappa shape index (κ1) is 22.0. The first-order chi connectivity index (χ1) is 19.3. The van der Waals surface area contributed by atoms with Crippen LogP contribution in [0.4, 0.5) is 0 Å². The quantitative estimate of drug-likeness (QED) is 0.234. The highest BCUT2D eigenvalue weighted by Crippen LogP contribution is 2.34. The van der Waals surface area contributed by atoms with Crippen LogP contribution in [0, 0.1) is 0 Å². The zero-order chi connectivity index (χ0) is 25.9. The second-order valence-corrected chi connectivity index (χ2v) is 9.86. The topological polar surface area (TPSA) is 48.5 Å². The number of nitrogens with zero attached hydrogens (tertiary/aromatic N) is 5. The van der Waals surface area contributed by atoms with E-state index in [9.17, 15) is 0 Å². The van der Waals surface area contributed by atoms with Crippen LogP contribution in [0.2, 0.25) is 5.28 Å². The number of benzene rings is 5. The van der Waals surface area contributed by atoms with E-state index in [1.54, 1.807) is 0 Å². The monoisotopic (exact) mass is 521 g/mol. The number of para-hydroxylation sites is 4. The molecule has 3 heterocycles. The molecule has 5 aromatic carbocycles. The van der Waals surface area contributed by atoms with E-state index in [4.69, 9.17) is 16.6 Å². The molecular weight excluding hydrogens is 502 g/mol. The van der Waals surface area contributed by atoms with E-state index in [2.05, 4.69) is 104 Å². The van der Waals surface area contributed by atoms with E-state index < -0.39 is 0 Å². The molecule has 184 valence electrons. The van der Waals surface area contributed by atoms with Gasteiger partial charge in [0.15, 0.2) is 5.82 Å². The molecule has 0 aliphatic carbocycles. The smallest absolute Gasteiger partial charge is 0.239 e. The van der Waals surface area contributed by atoms with Gasteiger partial charge in [0, 0.05) is 32.8 Å². The van der Waals surface area contributed by atoms with Crippen LogP contribution in [0.15, 0.2) is 121 Å². The fourth-order valence-corrected chi connectivity index (χ4v) is 5.85. The van der Waals surface area contributed by atoms with Gasteiger partial charge in [-0.25, -0.2) is 0 Å². The van der Waals surface area contributed by atoms with Crippen molar-refractivity contribution in [2.45, 2.75) is 0 Å². The normalized spacial score (nSPS) is 11.7. The molecule has 0 aliphatic rings. The minimum Gasteiger partial charge on any atom is -0.309 e. The van der Waals surface area contributed by atoms with Crippen molar-refractivity contribution >= 4 is 55.2 Å². The van der Waals surface area contributed by atoms with Crippen LogP contribution < -0.4 is 0 Å². The van der Waals surface area contributed by atoms with Gasteiger partial charge in [-0.3, -0.25) is 4.57 Å². The van der Waals surface area contributed by atoms with Crippen molar-refractivity contribution in [3.05, 3.63) is 127 Å². The van der Waals surface area contributed by atoms with Crippen LogP contribution in [0.5, 0.6) is 0 Å². The maximum absolute atomic E-state index is 6.53. The summed E-state index contributed by atoms with van der Waals surface area (Å²) in [5, 5.41) is 4.86. The first-order valence-electron chi connectivity index (χ1n) is 12.8. The summed E-state index contributed by atoms with van der Waals surface area (Å²) in [5.74, 6) is 1.01. The van der Waals surface area contributed by atoms with Gasteiger partial charge in [-0.2, -0.15) is 15.0 Å². The van der Waals surface area contributed by atoms with E-state index in [-0.39, 0.29) is 5.28 Å². The average molecular weight is 522 g/mol. The van der Waals surface area contributed by atoms with Crippen LogP contribution in [0.1, 0.15) is 0 Å². The summed E-state index contributed by atoms with van der Waals surface area (Å²) in [7, 11) is 0. The summed E-state index contributed by atoms with van der Waals surface area (Å²) in [4.78, 5) is 14.0. The fraction of sp³-hybridized carbons (Fsp3) is 0. The molecule has 5 nitrogen and oxygen atoms in total. The van der Waals surface area contributed by atoms with Gasteiger partial charge in [-0.1, -0.05) is 84.9 Å². The highest BCUT2D eigenvalue weighted by Gasteiger charge is 2.17. The number of hydrogen-bond acceptors (Lipinski definition) is 3. The van der Waals surface area contributed by atoms with Crippen LogP contribution in [0.3, 0.4) is 0 Å². The predicted molar refractivity (Wildman–Crippen MR) is 159 cm³/mol. The molecule has 3 aromatic heterocycles.